The molecule has 0 fully saturated rings. The van der Waals surface area contributed by atoms with E-state index in [0.29, 0.717) is 22.3 Å². The van der Waals surface area contributed by atoms with Crippen LogP contribution in [0.3, 0.4) is 0 Å². The van der Waals surface area contributed by atoms with Gasteiger partial charge in [-0.05, 0) is 12.1 Å². The minimum atomic E-state index is -0.219. The Kier molecular flexibility index (Phi) is 4.89. The number of nitrogen functional groups attached to an aromatic ring is 1. The fraction of sp³-hybridized carbons (Fsp3) is 0.214. The molecule has 1 aromatic heterocycles. The number of ether oxygens (including phenoxy) is 1. The Morgan fingerprint density at radius 2 is 2.24 bits per heavy atom. The molecule has 0 aliphatic carbocycles. The number of carbonyl (C=O) groups excluding carboxylic acids is 2. The summed E-state index contributed by atoms with van der Waals surface area (Å²) in [4.78, 5) is 26.8. The Hall–Kier alpha value is -2.41. The largest absolute Gasteiger partial charge is 0.493 e. The van der Waals surface area contributed by atoms with Gasteiger partial charge in [0.25, 0.3) is 0 Å². The van der Waals surface area contributed by atoms with Crippen LogP contribution in [0.2, 0.25) is 0 Å². The molecule has 0 saturated carbocycles. The molecule has 0 saturated heterocycles. The fourth-order valence-corrected chi connectivity index (χ4v) is 2.31. The average molecular weight is 305 g/mol. The second kappa shape index (κ2) is 6.85. The molecule has 0 aliphatic heterocycles. The van der Waals surface area contributed by atoms with Gasteiger partial charge in [0.1, 0.15) is 11.4 Å². The van der Waals surface area contributed by atoms with E-state index in [0.717, 1.165) is 0 Å². The van der Waals surface area contributed by atoms with Gasteiger partial charge >= 0.3 is 0 Å². The van der Waals surface area contributed by atoms with Gasteiger partial charge in [-0.3, -0.25) is 9.59 Å². The minimum Gasteiger partial charge on any atom is -0.493 e. The van der Waals surface area contributed by atoms with Crippen LogP contribution in [-0.2, 0) is 4.79 Å². The zero-order chi connectivity index (χ0) is 15.2. The smallest absolute Gasteiger partial charge is 0.229 e. The summed E-state index contributed by atoms with van der Waals surface area (Å²) in [6, 6.07) is 7.00. The molecule has 21 heavy (non-hydrogen) atoms. The predicted octanol–water partition coefficient (Wildman–Crippen LogP) is 2.34. The molecule has 0 atom stereocenters. The maximum absolute atomic E-state index is 11.7. The van der Waals surface area contributed by atoms with Crippen molar-refractivity contribution in [3.05, 3.63) is 35.3 Å². The number of nitrogens with two attached hydrogens (primary N) is 1. The van der Waals surface area contributed by atoms with Gasteiger partial charge in [-0.25, -0.2) is 4.98 Å². The van der Waals surface area contributed by atoms with Crippen molar-refractivity contribution in [3.8, 4) is 5.75 Å². The summed E-state index contributed by atoms with van der Waals surface area (Å²) in [5.41, 5.74) is 6.59. The van der Waals surface area contributed by atoms with Crippen LogP contribution >= 0.6 is 11.3 Å². The molecule has 1 heterocycles. The Balaban J connectivity index is 1.78. The van der Waals surface area contributed by atoms with Crippen molar-refractivity contribution in [1.29, 1.82) is 0 Å². The minimum absolute atomic E-state index is 0.128. The number of carbonyl (C=O) groups is 2. The highest BCUT2D eigenvalue weighted by atomic mass is 32.1. The Morgan fingerprint density at radius 3 is 2.90 bits per heavy atom. The highest BCUT2D eigenvalue weighted by molar-refractivity contribution is 7.14. The van der Waals surface area contributed by atoms with E-state index in [9.17, 15) is 9.59 Å². The molecule has 1 aromatic carbocycles. The van der Waals surface area contributed by atoms with E-state index in [2.05, 4.69) is 10.3 Å². The second-order valence-corrected chi connectivity index (χ2v) is 5.17. The number of hydrogen-bond acceptors (Lipinski definition) is 6. The number of thiazole rings is 1. The van der Waals surface area contributed by atoms with Gasteiger partial charge in [-0.2, -0.15) is 0 Å². The molecule has 2 rings (SSSR count). The molecule has 0 spiro atoms. The number of amides is 1. The molecule has 110 valence electrons. The van der Waals surface area contributed by atoms with E-state index in [-0.39, 0.29) is 24.7 Å². The lowest BCUT2D eigenvalue weighted by atomic mass is 10.3. The van der Waals surface area contributed by atoms with Crippen molar-refractivity contribution in [2.24, 2.45) is 0 Å². The summed E-state index contributed by atoms with van der Waals surface area (Å²) in [6.45, 7) is 1.67. The number of nitrogens with one attached hydrogen (secondary N) is 1. The molecule has 2 aromatic rings. The van der Waals surface area contributed by atoms with Crippen molar-refractivity contribution in [2.45, 2.75) is 13.3 Å². The summed E-state index contributed by atoms with van der Waals surface area (Å²) in [5.74, 6) is 0.274. The van der Waals surface area contributed by atoms with Gasteiger partial charge in [0.15, 0.2) is 10.9 Å². The third-order valence-corrected chi connectivity index (χ3v) is 3.32. The predicted molar refractivity (Wildman–Crippen MR) is 81.7 cm³/mol. The number of aromatic nitrogens is 1. The third-order valence-electron chi connectivity index (χ3n) is 2.57. The lowest BCUT2D eigenvalue weighted by Crippen LogP contribution is -2.15. The van der Waals surface area contributed by atoms with Crippen LogP contribution in [0.15, 0.2) is 29.6 Å². The highest BCUT2D eigenvalue weighted by Gasteiger charge is 2.09. The van der Waals surface area contributed by atoms with Gasteiger partial charge in [0.2, 0.25) is 5.91 Å². The number of rotatable bonds is 6. The molecular formula is C14H15N3O3S. The Bertz CT molecular complexity index is 654. The second-order valence-electron chi connectivity index (χ2n) is 4.31. The fourth-order valence-electron chi connectivity index (χ4n) is 1.54. The number of Topliss-reactive ketones (excluding diaryl/α,β-unsaturated/α-hetero) is 1. The SMILES string of the molecule is CC(=O)c1csc(NC(=O)CCOc2cccc(N)c2)n1. The highest BCUT2D eigenvalue weighted by Crippen LogP contribution is 2.17. The van der Waals surface area contributed by atoms with Crippen LogP contribution in [0.4, 0.5) is 10.8 Å². The summed E-state index contributed by atoms with van der Waals surface area (Å²) in [5, 5.41) is 4.65. The molecule has 0 unspecified atom stereocenters. The third kappa shape index (κ3) is 4.57. The molecule has 0 radical (unpaired) electrons. The molecule has 7 heteroatoms. The van der Waals surface area contributed by atoms with Gasteiger partial charge in [0, 0.05) is 24.1 Å². The number of anilines is 2. The van der Waals surface area contributed by atoms with E-state index >= 15 is 0 Å². The molecule has 0 bridgehead atoms. The molecule has 1 amide bonds. The topological polar surface area (TPSA) is 94.3 Å². The van der Waals surface area contributed by atoms with Crippen molar-refractivity contribution in [2.75, 3.05) is 17.7 Å². The van der Waals surface area contributed by atoms with Crippen molar-refractivity contribution in [3.63, 3.8) is 0 Å². The standard InChI is InChI=1S/C14H15N3O3S/c1-9(18)12-8-21-14(16-12)17-13(19)5-6-20-11-4-2-3-10(15)7-11/h2-4,7-8H,5-6,15H2,1H3,(H,16,17,19). The Labute approximate surface area is 125 Å². The van der Waals surface area contributed by atoms with Gasteiger partial charge < -0.3 is 15.8 Å². The normalized spacial score (nSPS) is 10.1. The first-order valence-electron chi connectivity index (χ1n) is 6.29. The number of benzene rings is 1. The van der Waals surface area contributed by atoms with Crippen LogP contribution in [0.1, 0.15) is 23.8 Å². The molecule has 0 aliphatic rings. The van der Waals surface area contributed by atoms with Gasteiger partial charge in [-0.1, -0.05) is 6.07 Å². The quantitative estimate of drug-likeness (QED) is 0.631. The molecule has 3 N–H and O–H groups in total. The first kappa shape index (κ1) is 15.0. The van der Waals surface area contributed by atoms with E-state index < -0.39 is 0 Å². The number of ketones is 1. The first-order chi connectivity index (χ1) is 10.0. The molecule has 6 nitrogen and oxygen atoms in total. The lowest BCUT2D eigenvalue weighted by Gasteiger charge is -2.06. The van der Waals surface area contributed by atoms with E-state index in [4.69, 9.17) is 10.5 Å². The summed E-state index contributed by atoms with van der Waals surface area (Å²) < 4.78 is 5.43. The average Bonchev–Trinajstić information content (AvgIpc) is 2.87. The monoisotopic (exact) mass is 305 g/mol. The number of hydrogen-bond donors (Lipinski definition) is 2. The van der Waals surface area contributed by atoms with E-state index in [1.54, 1.807) is 29.6 Å². The van der Waals surface area contributed by atoms with Crippen molar-refractivity contribution >= 4 is 33.8 Å². The summed E-state index contributed by atoms with van der Waals surface area (Å²) in [6.07, 6.45) is 0.184. The van der Waals surface area contributed by atoms with Crippen LogP contribution in [0.5, 0.6) is 5.75 Å². The van der Waals surface area contributed by atoms with Gasteiger partial charge in [-0.15, -0.1) is 11.3 Å². The molecular weight excluding hydrogens is 290 g/mol. The zero-order valence-corrected chi connectivity index (χ0v) is 12.3. The lowest BCUT2D eigenvalue weighted by molar-refractivity contribution is -0.116. The van der Waals surface area contributed by atoms with Crippen LogP contribution < -0.4 is 15.8 Å². The van der Waals surface area contributed by atoms with Gasteiger partial charge in [0.05, 0.1) is 13.0 Å². The summed E-state index contributed by atoms with van der Waals surface area (Å²) in [7, 11) is 0. The van der Waals surface area contributed by atoms with Crippen LogP contribution in [-0.4, -0.2) is 23.3 Å². The zero-order valence-electron chi connectivity index (χ0n) is 11.5. The maximum Gasteiger partial charge on any atom is 0.229 e. The van der Waals surface area contributed by atoms with Crippen LogP contribution in [0.25, 0.3) is 0 Å². The summed E-state index contributed by atoms with van der Waals surface area (Å²) >= 11 is 1.22. The van der Waals surface area contributed by atoms with Crippen LogP contribution in [0, 0.1) is 0 Å². The first-order valence-corrected chi connectivity index (χ1v) is 7.17. The van der Waals surface area contributed by atoms with Crippen molar-refractivity contribution < 1.29 is 14.3 Å². The van der Waals surface area contributed by atoms with Crippen molar-refractivity contribution in [1.82, 2.24) is 4.98 Å². The number of nitrogens with zero attached hydrogens (tertiary/aromatic N) is 1. The maximum atomic E-state index is 11.7. The van der Waals surface area contributed by atoms with E-state index in [1.807, 2.05) is 0 Å². The van der Waals surface area contributed by atoms with E-state index in [1.165, 1.54) is 18.3 Å². The Morgan fingerprint density at radius 1 is 1.43 bits per heavy atom.